The Labute approximate surface area is 111 Å². The molecule has 20 heavy (non-hydrogen) atoms. The minimum atomic E-state index is -2.47. The van der Waals surface area contributed by atoms with Crippen LogP contribution in [0.2, 0.25) is 0 Å². The number of fused-ring (bicyclic) bond motifs is 1. The molecule has 0 spiro atoms. The second-order valence-corrected chi connectivity index (χ2v) is 4.25. The van der Waals surface area contributed by atoms with Crippen molar-refractivity contribution >= 4 is 30.0 Å². The van der Waals surface area contributed by atoms with Gasteiger partial charge in [-0.1, -0.05) is 0 Å². The Kier molecular flexibility index (Phi) is 2.97. The van der Waals surface area contributed by atoms with Gasteiger partial charge in [-0.2, -0.15) is 0 Å². The SMILES string of the molecule is Cn1cnc2c1c(=O)n(C(C=O)(C=O)C=O)c(=O)n2C. The highest BCUT2D eigenvalue weighted by Crippen LogP contribution is 2.07. The lowest BCUT2D eigenvalue weighted by Gasteiger charge is -2.17. The smallest absolute Gasteiger partial charge is 0.328 e. The summed E-state index contributed by atoms with van der Waals surface area (Å²) in [7, 11) is 2.83. The molecule has 0 saturated carbocycles. The van der Waals surface area contributed by atoms with Gasteiger partial charge in [0.15, 0.2) is 30.0 Å². The molecule has 0 saturated heterocycles. The molecule has 0 radical (unpaired) electrons. The third-order valence-corrected chi connectivity index (χ3v) is 3.07. The van der Waals surface area contributed by atoms with E-state index in [-0.39, 0.29) is 30.0 Å². The van der Waals surface area contributed by atoms with Crippen LogP contribution in [0.25, 0.3) is 11.2 Å². The number of imidazole rings is 1. The highest BCUT2D eigenvalue weighted by molar-refractivity contribution is 6.04. The fourth-order valence-corrected chi connectivity index (χ4v) is 1.93. The molecule has 2 heterocycles. The van der Waals surface area contributed by atoms with E-state index < -0.39 is 16.8 Å². The van der Waals surface area contributed by atoms with Crippen molar-refractivity contribution in [1.82, 2.24) is 18.7 Å². The quantitative estimate of drug-likeness (QED) is 0.460. The molecule has 0 fully saturated rings. The molecular formula is C11H10N4O5. The van der Waals surface area contributed by atoms with Crippen molar-refractivity contribution in [3.8, 4) is 0 Å². The normalized spacial score (nSPS) is 11.5. The number of aryl methyl sites for hydroxylation is 2. The number of aromatic nitrogens is 4. The molecule has 0 aromatic carbocycles. The largest absolute Gasteiger partial charge is 0.334 e. The zero-order valence-corrected chi connectivity index (χ0v) is 10.6. The Morgan fingerprint density at radius 1 is 1.10 bits per heavy atom. The molecule has 0 amide bonds. The van der Waals surface area contributed by atoms with Crippen LogP contribution >= 0.6 is 0 Å². The zero-order chi connectivity index (χ0) is 15.1. The molecule has 0 aliphatic carbocycles. The van der Waals surface area contributed by atoms with Crippen LogP contribution in [-0.4, -0.2) is 37.5 Å². The van der Waals surface area contributed by atoms with Gasteiger partial charge in [0.1, 0.15) is 0 Å². The van der Waals surface area contributed by atoms with E-state index >= 15 is 0 Å². The maximum absolute atomic E-state index is 12.3. The maximum Gasteiger partial charge on any atom is 0.334 e. The first kappa shape index (κ1) is 13.6. The lowest BCUT2D eigenvalue weighted by atomic mass is 10.1. The summed E-state index contributed by atoms with van der Waals surface area (Å²) in [6.07, 6.45) is 1.17. The van der Waals surface area contributed by atoms with Gasteiger partial charge < -0.3 is 4.57 Å². The summed E-state index contributed by atoms with van der Waals surface area (Å²) in [5, 5.41) is 0. The molecule has 0 aliphatic rings. The van der Waals surface area contributed by atoms with Gasteiger partial charge in [0.2, 0.25) is 5.54 Å². The van der Waals surface area contributed by atoms with Gasteiger partial charge in [-0.3, -0.25) is 23.7 Å². The summed E-state index contributed by atoms with van der Waals surface area (Å²) in [5.41, 5.74) is -4.29. The number of aldehydes is 3. The van der Waals surface area contributed by atoms with Crippen LogP contribution in [-0.2, 0) is 34.0 Å². The van der Waals surface area contributed by atoms with Crippen LogP contribution in [0.4, 0.5) is 0 Å². The van der Waals surface area contributed by atoms with E-state index in [0.717, 1.165) is 4.57 Å². The van der Waals surface area contributed by atoms with E-state index in [1.54, 1.807) is 0 Å². The van der Waals surface area contributed by atoms with Crippen molar-refractivity contribution in [3.05, 3.63) is 27.2 Å². The van der Waals surface area contributed by atoms with Gasteiger partial charge in [0.05, 0.1) is 6.33 Å². The molecule has 2 aromatic rings. The summed E-state index contributed by atoms with van der Waals surface area (Å²) in [4.78, 5) is 61.6. The van der Waals surface area contributed by atoms with Crippen molar-refractivity contribution in [2.75, 3.05) is 0 Å². The van der Waals surface area contributed by atoms with Gasteiger partial charge in [-0.05, 0) is 0 Å². The van der Waals surface area contributed by atoms with Crippen molar-refractivity contribution in [1.29, 1.82) is 0 Å². The van der Waals surface area contributed by atoms with Crippen LogP contribution in [0.5, 0.6) is 0 Å². The molecule has 9 nitrogen and oxygen atoms in total. The molecule has 0 atom stereocenters. The lowest BCUT2D eigenvalue weighted by molar-refractivity contribution is -0.131. The average molecular weight is 278 g/mol. The Morgan fingerprint density at radius 2 is 1.65 bits per heavy atom. The topological polar surface area (TPSA) is 113 Å². The zero-order valence-electron chi connectivity index (χ0n) is 10.6. The fraction of sp³-hybridized carbons (Fsp3) is 0.273. The first-order valence-electron chi connectivity index (χ1n) is 5.46. The second kappa shape index (κ2) is 4.37. The van der Waals surface area contributed by atoms with E-state index in [1.165, 1.54) is 25.0 Å². The van der Waals surface area contributed by atoms with Gasteiger partial charge in [-0.25, -0.2) is 14.3 Å². The Morgan fingerprint density at radius 3 is 2.15 bits per heavy atom. The van der Waals surface area contributed by atoms with Crippen molar-refractivity contribution in [3.63, 3.8) is 0 Å². The predicted octanol–water partition coefficient (Wildman–Crippen LogP) is -2.27. The number of rotatable bonds is 4. The number of nitrogens with zero attached hydrogens (tertiary/aromatic N) is 4. The van der Waals surface area contributed by atoms with E-state index in [4.69, 9.17) is 0 Å². The number of carbonyl (C=O) groups is 3. The number of carbonyl (C=O) groups excluding carboxylic acids is 3. The highest BCUT2D eigenvalue weighted by atomic mass is 16.2. The molecule has 104 valence electrons. The Balaban J connectivity index is 3.13. The molecular weight excluding hydrogens is 268 g/mol. The monoisotopic (exact) mass is 278 g/mol. The average Bonchev–Trinajstić information content (AvgIpc) is 2.84. The van der Waals surface area contributed by atoms with Crippen LogP contribution in [0.15, 0.2) is 15.9 Å². The molecule has 2 rings (SSSR count). The van der Waals surface area contributed by atoms with Gasteiger partial charge in [0.25, 0.3) is 5.56 Å². The highest BCUT2D eigenvalue weighted by Gasteiger charge is 2.36. The predicted molar refractivity (Wildman–Crippen MR) is 66.4 cm³/mol. The summed E-state index contributed by atoms with van der Waals surface area (Å²) in [6.45, 7) is 0. The maximum atomic E-state index is 12.3. The van der Waals surface area contributed by atoms with E-state index in [2.05, 4.69) is 4.98 Å². The molecule has 2 aromatic heterocycles. The minimum absolute atomic E-state index is 0.00188. The molecule has 0 bridgehead atoms. The van der Waals surface area contributed by atoms with Crippen molar-refractivity contribution < 1.29 is 14.4 Å². The summed E-state index contributed by atoms with van der Waals surface area (Å²) < 4.78 is 2.64. The van der Waals surface area contributed by atoms with Crippen molar-refractivity contribution in [2.45, 2.75) is 5.54 Å². The molecule has 9 heteroatoms. The minimum Gasteiger partial charge on any atom is -0.328 e. The Bertz CT molecular complexity index is 819. The van der Waals surface area contributed by atoms with Crippen LogP contribution < -0.4 is 11.2 Å². The summed E-state index contributed by atoms with van der Waals surface area (Å²) in [6, 6.07) is 0. The molecule has 0 unspecified atom stereocenters. The number of hydrogen-bond donors (Lipinski definition) is 0. The van der Waals surface area contributed by atoms with Gasteiger partial charge >= 0.3 is 5.69 Å². The fourth-order valence-electron chi connectivity index (χ4n) is 1.93. The van der Waals surface area contributed by atoms with Gasteiger partial charge in [0, 0.05) is 14.1 Å². The standard InChI is InChI=1S/C11H10N4O5/c1-13-6-12-8-7(13)9(19)15(10(20)14(8)2)11(3-16,4-17)5-18/h3-6H,1-2H3. The lowest BCUT2D eigenvalue weighted by Crippen LogP contribution is -2.54. The van der Waals surface area contributed by atoms with Gasteiger partial charge in [-0.15, -0.1) is 0 Å². The first-order chi connectivity index (χ1) is 9.43. The van der Waals surface area contributed by atoms with Crippen LogP contribution in [0.1, 0.15) is 0 Å². The van der Waals surface area contributed by atoms with E-state index in [9.17, 15) is 24.0 Å². The number of hydrogen-bond acceptors (Lipinski definition) is 6. The van der Waals surface area contributed by atoms with Crippen LogP contribution in [0.3, 0.4) is 0 Å². The van der Waals surface area contributed by atoms with Crippen molar-refractivity contribution in [2.24, 2.45) is 14.1 Å². The molecule has 0 aliphatic heterocycles. The van der Waals surface area contributed by atoms with E-state index in [0.29, 0.717) is 4.57 Å². The summed E-state index contributed by atoms with van der Waals surface area (Å²) in [5.74, 6) is 0. The second-order valence-electron chi connectivity index (χ2n) is 4.25. The third-order valence-electron chi connectivity index (χ3n) is 3.07. The summed E-state index contributed by atoms with van der Waals surface area (Å²) >= 11 is 0. The van der Waals surface area contributed by atoms with Crippen LogP contribution in [0, 0.1) is 0 Å². The first-order valence-corrected chi connectivity index (χ1v) is 5.46. The molecule has 0 N–H and O–H groups in total. The van der Waals surface area contributed by atoms with E-state index in [1.807, 2.05) is 0 Å². The Hall–Kier alpha value is -2.84. The third kappa shape index (κ3) is 1.49.